The number of piperazine rings is 1. The van der Waals surface area contributed by atoms with Crippen LogP contribution in [-0.4, -0.2) is 90.7 Å². The third kappa shape index (κ3) is 7.04. The van der Waals surface area contributed by atoms with E-state index in [1.807, 2.05) is 12.1 Å². The fraction of sp³-hybridized carbons (Fsp3) is 0.457. The predicted octanol–water partition coefficient (Wildman–Crippen LogP) is 5.12. The van der Waals surface area contributed by atoms with Gasteiger partial charge in [-0.05, 0) is 55.5 Å². The summed E-state index contributed by atoms with van der Waals surface area (Å²) in [5.74, 6) is 1.16. The first-order valence-corrected chi connectivity index (χ1v) is 16.6. The smallest absolute Gasteiger partial charge is 0.247 e. The van der Waals surface area contributed by atoms with Crippen LogP contribution >= 0.6 is 0 Å². The molecule has 248 valence electrons. The Morgan fingerprint density at radius 2 is 1.64 bits per heavy atom. The summed E-state index contributed by atoms with van der Waals surface area (Å²) in [7, 11) is 1.64. The van der Waals surface area contributed by atoms with E-state index in [4.69, 9.17) is 9.57 Å². The van der Waals surface area contributed by atoms with E-state index in [9.17, 15) is 9.18 Å². The molecule has 2 aromatic carbocycles. The molecule has 3 saturated heterocycles. The van der Waals surface area contributed by atoms with Crippen molar-refractivity contribution < 1.29 is 18.8 Å². The van der Waals surface area contributed by atoms with Crippen molar-refractivity contribution in [2.75, 3.05) is 73.6 Å². The zero-order valence-corrected chi connectivity index (χ0v) is 26.9. The van der Waals surface area contributed by atoms with E-state index < -0.39 is 0 Å². The number of carbonyl (C=O) groups excluding carboxylic acids is 1. The molecule has 1 atom stereocenters. The van der Waals surface area contributed by atoms with Crippen molar-refractivity contribution >= 4 is 34.6 Å². The van der Waals surface area contributed by atoms with Gasteiger partial charge in [-0.1, -0.05) is 18.7 Å². The average Bonchev–Trinajstić information content (AvgIpc) is 3.85. The molecular formula is C35H43FN8O3. The Kier molecular flexibility index (Phi) is 9.23. The molecule has 47 heavy (non-hydrogen) atoms. The third-order valence-corrected chi connectivity index (χ3v) is 9.80. The quantitative estimate of drug-likeness (QED) is 0.290. The zero-order valence-electron chi connectivity index (χ0n) is 26.9. The molecule has 12 heteroatoms. The molecule has 4 fully saturated rings. The van der Waals surface area contributed by atoms with Crippen LogP contribution < -0.4 is 25.3 Å². The number of nitrogens with one attached hydrogen (secondary N) is 2. The van der Waals surface area contributed by atoms with E-state index in [1.165, 1.54) is 50.5 Å². The molecule has 0 radical (unpaired) electrons. The van der Waals surface area contributed by atoms with Gasteiger partial charge in [-0.15, -0.1) is 0 Å². The lowest BCUT2D eigenvalue weighted by molar-refractivity contribution is -0.111. The number of ether oxygens (including phenoxy) is 1. The second-order valence-electron chi connectivity index (χ2n) is 12.7. The number of piperidine rings is 1. The number of hydroxylamine groups is 1. The van der Waals surface area contributed by atoms with E-state index in [0.29, 0.717) is 41.4 Å². The minimum absolute atomic E-state index is 0.107. The van der Waals surface area contributed by atoms with Crippen molar-refractivity contribution in [3.63, 3.8) is 0 Å². The van der Waals surface area contributed by atoms with Gasteiger partial charge in [0.25, 0.3) is 0 Å². The summed E-state index contributed by atoms with van der Waals surface area (Å²) in [5.41, 5.74) is 3.16. The van der Waals surface area contributed by atoms with Crippen molar-refractivity contribution in [2.24, 2.45) is 0 Å². The maximum Gasteiger partial charge on any atom is 0.247 e. The third-order valence-electron chi connectivity index (χ3n) is 9.80. The maximum absolute atomic E-state index is 13.6. The number of anilines is 5. The molecule has 11 nitrogen and oxygen atoms in total. The van der Waals surface area contributed by atoms with Crippen LogP contribution in [0.25, 0.3) is 0 Å². The molecule has 1 aliphatic carbocycles. The standard InChI is InChI=1S/C35H43FN8O3/c1-3-35(45)40-28-20-29(39-33-22-34(38-23-37-33)44-30(12-19-47-44)24-4-6-25(36)7-5-24)32(46-2)21-31(28)43-13-10-27(11-14-43)42-17-15-41(16-18-42)26-8-9-26/h3-7,20-23,26-27,30H,1,8-19H2,2H3,(H,40,45)(H,37,38,39)/t30-/m1/s1. The Bertz CT molecular complexity index is 1570. The van der Waals surface area contributed by atoms with E-state index >= 15 is 0 Å². The highest BCUT2D eigenvalue weighted by atomic mass is 19.1. The van der Waals surface area contributed by atoms with E-state index in [0.717, 1.165) is 62.7 Å². The molecule has 3 aromatic rings. The van der Waals surface area contributed by atoms with Crippen LogP contribution in [0.5, 0.6) is 5.75 Å². The molecule has 0 unspecified atom stereocenters. The Morgan fingerprint density at radius 3 is 2.30 bits per heavy atom. The van der Waals surface area contributed by atoms with Gasteiger partial charge in [0.15, 0.2) is 5.82 Å². The first-order chi connectivity index (χ1) is 23.0. The Hall–Kier alpha value is -4.26. The second-order valence-corrected chi connectivity index (χ2v) is 12.7. The summed E-state index contributed by atoms with van der Waals surface area (Å²) in [6.45, 7) is 10.6. The second kappa shape index (κ2) is 13.8. The SMILES string of the molecule is C=CC(=O)Nc1cc(Nc2cc(N3OCC[C@@H]3c3ccc(F)cc3)ncn2)c(OC)cc1N1CCC(N2CCN(C3CC3)CC2)CC1. The first kappa shape index (κ1) is 31.3. The topological polar surface area (TPSA) is 98.3 Å². The lowest BCUT2D eigenvalue weighted by atomic mass is 10.0. The van der Waals surface area contributed by atoms with E-state index in [-0.39, 0.29) is 17.8 Å². The molecule has 1 amide bonds. The number of hydrogen-bond acceptors (Lipinski definition) is 10. The molecule has 2 N–H and O–H groups in total. The minimum atomic E-state index is -0.284. The summed E-state index contributed by atoms with van der Waals surface area (Å²) in [5, 5.41) is 8.12. The predicted molar refractivity (Wildman–Crippen MR) is 181 cm³/mol. The van der Waals surface area contributed by atoms with Crippen LogP contribution in [0, 0.1) is 5.82 Å². The van der Waals surface area contributed by atoms with Gasteiger partial charge in [0.2, 0.25) is 5.91 Å². The van der Waals surface area contributed by atoms with Crippen LogP contribution in [0.4, 0.5) is 33.1 Å². The summed E-state index contributed by atoms with van der Waals surface area (Å²) in [6.07, 6.45) is 8.37. The van der Waals surface area contributed by atoms with Crippen LogP contribution in [0.15, 0.2) is 61.4 Å². The summed E-state index contributed by atoms with van der Waals surface area (Å²) in [4.78, 5) is 35.1. The van der Waals surface area contributed by atoms with Gasteiger partial charge < -0.3 is 20.3 Å². The molecule has 0 bridgehead atoms. The van der Waals surface area contributed by atoms with Gasteiger partial charge in [-0.2, -0.15) is 0 Å². The minimum Gasteiger partial charge on any atom is -0.494 e. The van der Waals surface area contributed by atoms with Gasteiger partial charge in [-0.25, -0.2) is 19.4 Å². The fourth-order valence-corrected chi connectivity index (χ4v) is 7.12. The molecule has 4 heterocycles. The van der Waals surface area contributed by atoms with Crippen molar-refractivity contribution in [3.05, 3.63) is 72.8 Å². The van der Waals surface area contributed by atoms with Gasteiger partial charge in [-0.3, -0.25) is 19.4 Å². The molecule has 0 spiro atoms. The van der Waals surface area contributed by atoms with Crippen molar-refractivity contribution in [1.82, 2.24) is 19.8 Å². The van der Waals surface area contributed by atoms with Gasteiger partial charge >= 0.3 is 0 Å². The highest BCUT2D eigenvalue weighted by Gasteiger charge is 2.34. The Morgan fingerprint density at radius 1 is 0.936 bits per heavy atom. The number of carbonyl (C=O) groups is 1. The number of aromatic nitrogens is 2. The van der Waals surface area contributed by atoms with Crippen molar-refractivity contribution in [1.29, 1.82) is 0 Å². The van der Waals surface area contributed by atoms with Gasteiger partial charge in [0.1, 0.15) is 23.7 Å². The number of halogens is 1. The number of hydrogen-bond donors (Lipinski definition) is 2. The molecule has 1 aromatic heterocycles. The summed E-state index contributed by atoms with van der Waals surface area (Å²) >= 11 is 0. The number of rotatable bonds is 10. The van der Waals surface area contributed by atoms with Crippen LogP contribution in [0.2, 0.25) is 0 Å². The van der Waals surface area contributed by atoms with Crippen LogP contribution in [-0.2, 0) is 9.63 Å². The van der Waals surface area contributed by atoms with Crippen molar-refractivity contribution in [2.45, 2.75) is 50.2 Å². The van der Waals surface area contributed by atoms with Crippen LogP contribution in [0.1, 0.15) is 43.7 Å². The number of methoxy groups -OCH3 is 1. The van der Waals surface area contributed by atoms with Crippen LogP contribution in [0.3, 0.4) is 0 Å². The molecule has 3 aliphatic heterocycles. The normalized spacial score (nSPS) is 21.1. The largest absolute Gasteiger partial charge is 0.494 e. The van der Waals surface area contributed by atoms with Crippen molar-refractivity contribution in [3.8, 4) is 5.75 Å². The highest BCUT2D eigenvalue weighted by molar-refractivity contribution is 6.02. The summed E-state index contributed by atoms with van der Waals surface area (Å²) < 4.78 is 19.4. The monoisotopic (exact) mass is 642 g/mol. The fourth-order valence-electron chi connectivity index (χ4n) is 7.12. The molecule has 4 aliphatic rings. The van der Waals surface area contributed by atoms with E-state index in [1.54, 1.807) is 30.4 Å². The number of nitrogens with zero attached hydrogens (tertiary/aromatic N) is 6. The van der Waals surface area contributed by atoms with Gasteiger partial charge in [0.05, 0.1) is 36.8 Å². The first-order valence-electron chi connectivity index (χ1n) is 16.6. The number of benzene rings is 2. The molecule has 1 saturated carbocycles. The maximum atomic E-state index is 13.6. The van der Waals surface area contributed by atoms with Gasteiger partial charge in [0, 0.05) is 69.9 Å². The van der Waals surface area contributed by atoms with E-state index in [2.05, 4.69) is 41.9 Å². The highest BCUT2D eigenvalue weighted by Crippen LogP contribution is 2.41. The lowest BCUT2D eigenvalue weighted by Crippen LogP contribution is -2.53. The Balaban J connectivity index is 1.08. The lowest BCUT2D eigenvalue weighted by Gasteiger charge is -2.43. The molecular weight excluding hydrogens is 599 g/mol. The number of amides is 1. The molecule has 7 rings (SSSR count). The Labute approximate surface area is 275 Å². The average molecular weight is 643 g/mol. The summed E-state index contributed by atoms with van der Waals surface area (Å²) in [6, 6.07) is 13.4. The zero-order chi connectivity index (χ0) is 32.3.